The second-order valence-electron chi connectivity index (χ2n) is 4.90. The molecule has 0 radical (unpaired) electrons. The molecule has 0 aliphatic heterocycles. The van der Waals surface area contributed by atoms with Gasteiger partial charge in [0.25, 0.3) is 0 Å². The molecule has 0 aliphatic rings. The molecule has 1 aromatic carbocycles. The van der Waals surface area contributed by atoms with E-state index in [1.54, 1.807) is 24.3 Å². The first kappa shape index (κ1) is 16.7. The number of carbonyl (C=O) groups is 1. The van der Waals surface area contributed by atoms with Gasteiger partial charge in [0, 0.05) is 17.1 Å². The predicted molar refractivity (Wildman–Crippen MR) is 91.8 cm³/mol. The van der Waals surface area contributed by atoms with E-state index in [0.717, 1.165) is 17.8 Å². The average Bonchev–Trinajstić information content (AvgIpc) is 2.93. The zero-order valence-electron chi connectivity index (χ0n) is 12.4. The highest BCUT2D eigenvalue weighted by molar-refractivity contribution is 7.15. The van der Waals surface area contributed by atoms with Crippen molar-refractivity contribution in [2.45, 2.75) is 39.0 Å². The van der Waals surface area contributed by atoms with E-state index in [1.807, 2.05) is 0 Å². The van der Waals surface area contributed by atoms with E-state index < -0.39 is 0 Å². The number of hydrogen-bond acceptors (Lipinski definition) is 4. The summed E-state index contributed by atoms with van der Waals surface area (Å²) in [6, 6.07) is 6.58. The number of urea groups is 1. The fourth-order valence-corrected chi connectivity index (χ4v) is 2.80. The highest BCUT2D eigenvalue weighted by Crippen LogP contribution is 2.18. The summed E-state index contributed by atoms with van der Waals surface area (Å²) in [6.45, 7) is 2.19. The molecule has 0 saturated carbocycles. The van der Waals surface area contributed by atoms with E-state index in [1.165, 1.54) is 30.6 Å². The van der Waals surface area contributed by atoms with Crippen LogP contribution in [-0.2, 0) is 6.42 Å². The monoisotopic (exact) mass is 338 g/mol. The second kappa shape index (κ2) is 8.70. The largest absolute Gasteiger partial charge is 0.325 e. The number of nitrogens with one attached hydrogen (secondary N) is 2. The van der Waals surface area contributed by atoms with Gasteiger partial charge in [-0.05, 0) is 30.7 Å². The van der Waals surface area contributed by atoms with Crippen molar-refractivity contribution in [3.05, 3.63) is 34.3 Å². The second-order valence-corrected chi connectivity index (χ2v) is 6.40. The van der Waals surface area contributed by atoms with Crippen LogP contribution in [0.1, 0.15) is 37.6 Å². The number of anilines is 2. The predicted octanol–water partition coefficient (Wildman–Crippen LogP) is 4.96. The zero-order chi connectivity index (χ0) is 15.8. The normalized spacial score (nSPS) is 10.5. The molecule has 22 heavy (non-hydrogen) atoms. The van der Waals surface area contributed by atoms with Gasteiger partial charge in [0.1, 0.15) is 5.01 Å². The Hall–Kier alpha value is -1.66. The average molecular weight is 339 g/mol. The van der Waals surface area contributed by atoms with Gasteiger partial charge in [-0.2, -0.15) is 0 Å². The third-order valence-corrected chi connectivity index (χ3v) is 4.18. The Morgan fingerprint density at radius 3 is 2.64 bits per heavy atom. The molecule has 5 nitrogen and oxygen atoms in total. The minimum absolute atomic E-state index is 0.337. The van der Waals surface area contributed by atoms with Gasteiger partial charge < -0.3 is 5.32 Å². The number of amides is 2. The molecule has 7 heteroatoms. The van der Waals surface area contributed by atoms with E-state index in [9.17, 15) is 4.79 Å². The van der Waals surface area contributed by atoms with Crippen LogP contribution >= 0.6 is 22.9 Å². The van der Waals surface area contributed by atoms with Crippen LogP contribution in [0.3, 0.4) is 0 Å². The van der Waals surface area contributed by atoms with Gasteiger partial charge in [0.15, 0.2) is 0 Å². The van der Waals surface area contributed by atoms with E-state index in [0.29, 0.717) is 15.8 Å². The molecule has 0 aliphatic carbocycles. The molecular weight excluding hydrogens is 320 g/mol. The van der Waals surface area contributed by atoms with E-state index in [-0.39, 0.29) is 6.03 Å². The third kappa shape index (κ3) is 5.61. The van der Waals surface area contributed by atoms with Crippen LogP contribution in [0.15, 0.2) is 24.3 Å². The minimum Gasteiger partial charge on any atom is -0.308 e. The van der Waals surface area contributed by atoms with Crippen molar-refractivity contribution in [1.29, 1.82) is 0 Å². The number of aromatic nitrogens is 2. The molecule has 2 amide bonds. The first-order valence-corrected chi connectivity index (χ1v) is 8.53. The van der Waals surface area contributed by atoms with Gasteiger partial charge in [-0.3, -0.25) is 5.32 Å². The number of carbonyl (C=O) groups excluding carboxylic acids is 1. The van der Waals surface area contributed by atoms with Crippen LogP contribution < -0.4 is 10.6 Å². The van der Waals surface area contributed by atoms with Crippen molar-refractivity contribution >= 4 is 39.8 Å². The first-order chi connectivity index (χ1) is 10.7. The zero-order valence-corrected chi connectivity index (χ0v) is 14.0. The summed E-state index contributed by atoms with van der Waals surface area (Å²) in [4.78, 5) is 11.9. The van der Waals surface area contributed by atoms with Gasteiger partial charge in [0.05, 0.1) is 0 Å². The summed E-state index contributed by atoms with van der Waals surface area (Å²) >= 11 is 7.21. The smallest absolute Gasteiger partial charge is 0.308 e. The van der Waals surface area contributed by atoms with Crippen molar-refractivity contribution in [2.75, 3.05) is 10.6 Å². The number of nitrogens with zero attached hydrogens (tertiary/aromatic N) is 2. The number of halogens is 1. The topological polar surface area (TPSA) is 66.9 Å². The lowest BCUT2D eigenvalue weighted by Crippen LogP contribution is -2.19. The first-order valence-electron chi connectivity index (χ1n) is 7.33. The Balaban J connectivity index is 1.79. The SMILES string of the molecule is CCCCCCc1nnc(NC(=O)Nc2ccc(Cl)cc2)s1. The summed E-state index contributed by atoms with van der Waals surface area (Å²) in [7, 11) is 0. The summed E-state index contributed by atoms with van der Waals surface area (Å²) in [5.74, 6) is 0. The molecule has 2 rings (SSSR count). The standard InChI is InChI=1S/C15H19ClN4OS/c1-2-3-4-5-6-13-19-20-15(22-13)18-14(21)17-12-9-7-11(16)8-10-12/h7-10H,2-6H2,1H3,(H2,17,18,20,21). The maximum Gasteiger partial charge on any atom is 0.325 e. The molecule has 0 unspecified atom stereocenters. The Bertz CT molecular complexity index is 600. The van der Waals surface area contributed by atoms with Gasteiger partial charge in [-0.25, -0.2) is 4.79 Å². The fraction of sp³-hybridized carbons (Fsp3) is 0.400. The Labute approximate surface area is 139 Å². The molecule has 2 aromatic rings. The van der Waals surface area contributed by atoms with Crippen LogP contribution in [-0.4, -0.2) is 16.2 Å². The molecule has 0 bridgehead atoms. The van der Waals surface area contributed by atoms with Crippen molar-refractivity contribution in [1.82, 2.24) is 10.2 Å². The van der Waals surface area contributed by atoms with E-state index >= 15 is 0 Å². The Morgan fingerprint density at radius 1 is 1.14 bits per heavy atom. The van der Waals surface area contributed by atoms with Crippen LogP contribution in [0, 0.1) is 0 Å². The number of benzene rings is 1. The lowest BCUT2D eigenvalue weighted by atomic mass is 10.2. The maximum atomic E-state index is 11.9. The van der Waals surface area contributed by atoms with Crippen molar-refractivity contribution in [3.63, 3.8) is 0 Å². The molecule has 0 spiro atoms. The van der Waals surface area contributed by atoms with Crippen LogP contribution in [0.25, 0.3) is 0 Å². The molecule has 1 heterocycles. The van der Waals surface area contributed by atoms with Gasteiger partial charge in [-0.15, -0.1) is 10.2 Å². The molecule has 118 valence electrons. The Kier molecular flexibility index (Phi) is 6.61. The molecule has 0 saturated heterocycles. The van der Waals surface area contributed by atoms with Gasteiger partial charge in [0.2, 0.25) is 5.13 Å². The van der Waals surface area contributed by atoms with Crippen LogP contribution in [0.2, 0.25) is 5.02 Å². The summed E-state index contributed by atoms with van der Waals surface area (Å²) in [6.07, 6.45) is 5.69. The van der Waals surface area contributed by atoms with Crippen molar-refractivity contribution in [2.24, 2.45) is 0 Å². The molecule has 0 atom stereocenters. The highest BCUT2D eigenvalue weighted by Gasteiger charge is 2.08. The highest BCUT2D eigenvalue weighted by atomic mass is 35.5. The summed E-state index contributed by atoms with van der Waals surface area (Å²) in [5.41, 5.74) is 0.672. The number of hydrogen-bond donors (Lipinski definition) is 2. The number of rotatable bonds is 7. The quantitative estimate of drug-likeness (QED) is 0.701. The minimum atomic E-state index is -0.337. The van der Waals surface area contributed by atoms with E-state index in [4.69, 9.17) is 11.6 Å². The lowest BCUT2D eigenvalue weighted by Gasteiger charge is -2.04. The van der Waals surface area contributed by atoms with Gasteiger partial charge >= 0.3 is 6.03 Å². The molecule has 0 fully saturated rings. The molecular formula is C15H19ClN4OS. The third-order valence-electron chi connectivity index (χ3n) is 3.03. The van der Waals surface area contributed by atoms with E-state index in [2.05, 4.69) is 27.8 Å². The fourth-order valence-electron chi connectivity index (χ4n) is 1.90. The van der Waals surface area contributed by atoms with Crippen LogP contribution in [0.5, 0.6) is 0 Å². The number of aryl methyl sites for hydroxylation is 1. The number of unbranched alkanes of at least 4 members (excludes halogenated alkanes) is 3. The van der Waals surface area contributed by atoms with Crippen LogP contribution in [0.4, 0.5) is 15.6 Å². The molecule has 1 aromatic heterocycles. The van der Waals surface area contributed by atoms with Crippen molar-refractivity contribution < 1.29 is 4.79 Å². The molecule has 2 N–H and O–H groups in total. The van der Waals surface area contributed by atoms with Crippen molar-refractivity contribution in [3.8, 4) is 0 Å². The summed E-state index contributed by atoms with van der Waals surface area (Å²) < 4.78 is 0. The van der Waals surface area contributed by atoms with Gasteiger partial charge in [-0.1, -0.05) is 49.1 Å². The lowest BCUT2D eigenvalue weighted by molar-refractivity contribution is 0.262. The summed E-state index contributed by atoms with van der Waals surface area (Å²) in [5, 5.41) is 15.6. The maximum absolute atomic E-state index is 11.9. The Morgan fingerprint density at radius 2 is 1.91 bits per heavy atom.